The van der Waals surface area contributed by atoms with Gasteiger partial charge in [-0.05, 0) is 43.6 Å². The first-order chi connectivity index (χ1) is 10.8. The van der Waals surface area contributed by atoms with E-state index in [4.69, 9.17) is 0 Å². The van der Waals surface area contributed by atoms with Crippen LogP contribution < -0.4 is 5.32 Å². The first-order valence-corrected chi connectivity index (χ1v) is 8.71. The molecule has 0 amide bonds. The van der Waals surface area contributed by atoms with Gasteiger partial charge in [0.1, 0.15) is 0 Å². The molecule has 1 aromatic heterocycles. The number of guanidine groups is 1. The van der Waals surface area contributed by atoms with Crippen LogP contribution in [-0.4, -0.2) is 47.3 Å². The van der Waals surface area contributed by atoms with Gasteiger partial charge in [-0.2, -0.15) is 5.10 Å². The molecule has 3 rings (SSSR count). The summed E-state index contributed by atoms with van der Waals surface area (Å²) in [5.41, 5.74) is 1.23. The average Bonchev–Trinajstić information content (AvgIpc) is 3.13. The van der Waals surface area contributed by atoms with Crippen LogP contribution >= 0.6 is 24.0 Å². The Morgan fingerprint density at radius 3 is 2.57 bits per heavy atom. The van der Waals surface area contributed by atoms with E-state index in [2.05, 4.69) is 33.4 Å². The number of rotatable bonds is 4. The van der Waals surface area contributed by atoms with Gasteiger partial charge in [-0.3, -0.25) is 9.67 Å². The van der Waals surface area contributed by atoms with E-state index in [0.717, 1.165) is 37.3 Å². The number of hydrogen-bond donors (Lipinski definition) is 1. The number of hydrogen-bond acceptors (Lipinski definition) is 2. The quantitative estimate of drug-likeness (QED) is 0.345. The van der Waals surface area contributed by atoms with Gasteiger partial charge >= 0.3 is 0 Å². The van der Waals surface area contributed by atoms with Crippen LogP contribution in [0.5, 0.6) is 0 Å². The highest BCUT2D eigenvalue weighted by atomic mass is 127. The predicted molar refractivity (Wildman–Crippen MR) is 105 cm³/mol. The van der Waals surface area contributed by atoms with Crippen molar-refractivity contribution in [3.63, 3.8) is 0 Å². The SMILES string of the molecule is CN=C(NCCCn1cc(C)cn1)N1CC2CCCCC2C1.I. The molecule has 0 spiro atoms. The van der Waals surface area contributed by atoms with Gasteiger partial charge in [0.25, 0.3) is 0 Å². The number of halogens is 1. The summed E-state index contributed by atoms with van der Waals surface area (Å²) < 4.78 is 2.02. The number of nitrogens with one attached hydrogen (secondary N) is 1. The van der Waals surface area contributed by atoms with Crippen LogP contribution in [0.4, 0.5) is 0 Å². The molecule has 1 saturated carbocycles. The van der Waals surface area contributed by atoms with E-state index in [0.29, 0.717) is 0 Å². The molecular weight excluding hydrogens is 401 g/mol. The summed E-state index contributed by atoms with van der Waals surface area (Å²) in [4.78, 5) is 6.96. The van der Waals surface area contributed by atoms with E-state index in [-0.39, 0.29) is 24.0 Å². The van der Waals surface area contributed by atoms with Gasteiger partial charge in [-0.1, -0.05) is 12.8 Å². The molecule has 1 N–H and O–H groups in total. The average molecular weight is 431 g/mol. The van der Waals surface area contributed by atoms with Gasteiger partial charge in [0.15, 0.2) is 5.96 Å². The van der Waals surface area contributed by atoms with Crippen molar-refractivity contribution in [2.75, 3.05) is 26.7 Å². The van der Waals surface area contributed by atoms with E-state index >= 15 is 0 Å². The van der Waals surface area contributed by atoms with Gasteiger partial charge in [0.05, 0.1) is 6.20 Å². The van der Waals surface area contributed by atoms with Crippen molar-refractivity contribution in [3.8, 4) is 0 Å². The second-order valence-electron chi connectivity index (χ2n) is 6.82. The first kappa shape index (κ1) is 18.5. The van der Waals surface area contributed by atoms with Gasteiger partial charge in [0.2, 0.25) is 0 Å². The number of aromatic nitrogens is 2. The molecule has 5 nitrogen and oxygen atoms in total. The Morgan fingerprint density at radius 1 is 1.30 bits per heavy atom. The summed E-state index contributed by atoms with van der Waals surface area (Å²) in [6, 6.07) is 0. The Morgan fingerprint density at radius 2 is 2.00 bits per heavy atom. The Labute approximate surface area is 156 Å². The van der Waals surface area contributed by atoms with Crippen LogP contribution in [0.2, 0.25) is 0 Å². The summed E-state index contributed by atoms with van der Waals surface area (Å²) >= 11 is 0. The second kappa shape index (κ2) is 8.89. The summed E-state index contributed by atoms with van der Waals surface area (Å²) in [6.45, 7) is 6.39. The Hall–Kier alpha value is -0.790. The third kappa shape index (κ3) is 4.84. The molecule has 2 atom stereocenters. The lowest BCUT2D eigenvalue weighted by atomic mass is 9.82. The molecular formula is C17H30IN5. The molecule has 0 aromatic carbocycles. The molecule has 2 unspecified atom stereocenters. The van der Waals surface area contributed by atoms with Crippen LogP contribution in [0, 0.1) is 18.8 Å². The minimum Gasteiger partial charge on any atom is -0.356 e. The molecule has 1 aliphatic carbocycles. The smallest absolute Gasteiger partial charge is 0.193 e. The fourth-order valence-electron chi connectivity index (χ4n) is 3.94. The maximum atomic E-state index is 4.49. The molecule has 130 valence electrons. The van der Waals surface area contributed by atoms with Crippen molar-refractivity contribution >= 4 is 29.9 Å². The number of fused-ring (bicyclic) bond motifs is 1. The zero-order chi connectivity index (χ0) is 15.4. The normalized spacial score (nSPS) is 24.3. The molecule has 2 heterocycles. The van der Waals surface area contributed by atoms with E-state index < -0.39 is 0 Å². The lowest BCUT2D eigenvalue weighted by Gasteiger charge is -2.22. The van der Waals surface area contributed by atoms with Gasteiger partial charge in [-0.15, -0.1) is 24.0 Å². The largest absolute Gasteiger partial charge is 0.356 e. The lowest BCUT2D eigenvalue weighted by Crippen LogP contribution is -2.40. The maximum absolute atomic E-state index is 4.49. The van der Waals surface area contributed by atoms with Gasteiger partial charge in [-0.25, -0.2) is 0 Å². The number of aryl methyl sites for hydroxylation is 2. The van der Waals surface area contributed by atoms with Crippen molar-refractivity contribution < 1.29 is 0 Å². The minimum absolute atomic E-state index is 0. The summed E-state index contributed by atoms with van der Waals surface area (Å²) in [6.07, 6.45) is 10.8. The highest BCUT2D eigenvalue weighted by Gasteiger charge is 2.35. The molecule has 6 heteroatoms. The number of nitrogens with zero attached hydrogens (tertiary/aromatic N) is 4. The molecule has 1 aliphatic heterocycles. The first-order valence-electron chi connectivity index (χ1n) is 8.71. The Kier molecular flexibility index (Phi) is 7.17. The molecule has 2 fully saturated rings. The second-order valence-corrected chi connectivity index (χ2v) is 6.82. The zero-order valence-electron chi connectivity index (χ0n) is 14.4. The van der Waals surface area contributed by atoms with Crippen molar-refractivity contribution in [2.45, 2.75) is 45.6 Å². The number of aliphatic imine (C=N–C) groups is 1. The van der Waals surface area contributed by atoms with Gasteiger partial charge < -0.3 is 10.2 Å². The summed E-state index contributed by atoms with van der Waals surface area (Å²) in [5, 5.41) is 7.86. The lowest BCUT2D eigenvalue weighted by molar-refractivity contribution is 0.299. The molecule has 0 bridgehead atoms. The standard InChI is InChI=1S/C17H29N5.HI/c1-14-10-20-22(11-14)9-5-8-19-17(18-2)21-12-15-6-3-4-7-16(15)13-21;/h10-11,15-16H,3-9,12-13H2,1-2H3,(H,18,19);1H. The van der Waals surface area contributed by atoms with Crippen LogP contribution in [0.25, 0.3) is 0 Å². The predicted octanol–water partition coefficient (Wildman–Crippen LogP) is 2.90. The van der Waals surface area contributed by atoms with Crippen molar-refractivity contribution in [2.24, 2.45) is 16.8 Å². The summed E-state index contributed by atoms with van der Waals surface area (Å²) in [5.74, 6) is 2.89. The third-order valence-corrected chi connectivity index (χ3v) is 5.10. The van der Waals surface area contributed by atoms with E-state index in [1.807, 2.05) is 17.9 Å². The molecule has 2 aliphatic rings. The van der Waals surface area contributed by atoms with E-state index in [1.165, 1.54) is 44.3 Å². The van der Waals surface area contributed by atoms with Crippen molar-refractivity contribution in [3.05, 3.63) is 18.0 Å². The van der Waals surface area contributed by atoms with Crippen LogP contribution in [0.1, 0.15) is 37.7 Å². The molecule has 1 aromatic rings. The fourth-order valence-corrected chi connectivity index (χ4v) is 3.94. The van der Waals surface area contributed by atoms with Crippen molar-refractivity contribution in [1.82, 2.24) is 20.0 Å². The van der Waals surface area contributed by atoms with Crippen LogP contribution in [-0.2, 0) is 6.54 Å². The Balaban J connectivity index is 0.00000192. The highest BCUT2D eigenvalue weighted by molar-refractivity contribution is 14.0. The van der Waals surface area contributed by atoms with Crippen LogP contribution in [0.15, 0.2) is 17.4 Å². The zero-order valence-corrected chi connectivity index (χ0v) is 16.7. The van der Waals surface area contributed by atoms with E-state index in [9.17, 15) is 0 Å². The van der Waals surface area contributed by atoms with Crippen molar-refractivity contribution in [1.29, 1.82) is 0 Å². The van der Waals surface area contributed by atoms with Crippen LogP contribution in [0.3, 0.4) is 0 Å². The topological polar surface area (TPSA) is 45.5 Å². The fraction of sp³-hybridized carbons (Fsp3) is 0.765. The Bertz CT molecular complexity index is 499. The molecule has 1 saturated heterocycles. The number of likely N-dealkylation sites (tertiary alicyclic amines) is 1. The minimum atomic E-state index is 0. The highest BCUT2D eigenvalue weighted by Crippen LogP contribution is 2.35. The van der Waals surface area contributed by atoms with Gasteiger partial charge in [0, 0.05) is 39.4 Å². The maximum Gasteiger partial charge on any atom is 0.193 e. The third-order valence-electron chi connectivity index (χ3n) is 5.10. The molecule has 0 radical (unpaired) electrons. The molecule has 23 heavy (non-hydrogen) atoms. The summed E-state index contributed by atoms with van der Waals surface area (Å²) in [7, 11) is 1.90. The monoisotopic (exact) mass is 431 g/mol. The van der Waals surface area contributed by atoms with E-state index in [1.54, 1.807) is 0 Å².